The molecule has 1 amide bonds. The molecule has 0 heterocycles. The molecule has 0 bridgehead atoms. The van der Waals surface area contributed by atoms with Crippen LogP contribution in [0.5, 0.6) is 5.75 Å². The SMILES string of the molecule is CCCCNC(=O)CN(c1ccccc1)S(=O)(=O)c1ccc(OC)cc1. The monoisotopic (exact) mass is 376 g/mol. The number of hydrogen-bond donors (Lipinski definition) is 1. The van der Waals surface area contributed by atoms with E-state index in [0.29, 0.717) is 18.0 Å². The first kappa shape index (κ1) is 19.8. The second kappa shape index (κ2) is 9.24. The molecule has 0 atom stereocenters. The number of nitrogens with one attached hydrogen (secondary N) is 1. The topological polar surface area (TPSA) is 75.7 Å². The van der Waals surface area contributed by atoms with Crippen LogP contribution in [-0.2, 0) is 14.8 Å². The maximum atomic E-state index is 13.1. The highest BCUT2D eigenvalue weighted by Crippen LogP contribution is 2.24. The number of rotatable bonds is 9. The third kappa shape index (κ3) is 4.98. The Kier molecular flexibility index (Phi) is 7.03. The fraction of sp³-hybridized carbons (Fsp3) is 0.316. The van der Waals surface area contributed by atoms with E-state index in [0.717, 1.165) is 17.1 Å². The molecule has 26 heavy (non-hydrogen) atoms. The van der Waals surface area contributed by atoms with E-state index in [4.69, 9.17) is 4.74 Å². The summed E-state index contributed by atoms with van der Waals surface area (Å²) in [5, 5.41) is 2.76. The molecule has 1 N–H and O–H groups in total. The van der Waals surface area contributed by atoms with Crippen LogP contribution in [0.3, 0.4) is 0 Å². The van der Waals surface area contributed by atoms with Crippen LogP contribution in [0.1, 0.15) is 19.8 Å². The van der Waals surface area contributed by atoms with Gasteiger partial charge in [-0.05, 0) is 42.8 Å². The molecule has 0 saturated carbocycles. The van der Waals surface area contributed by atoms with E-state index in [-0.39, 0.29) is 17.3 Å². The third-order valence-corrected chi connectivity index (χ3v) is 5.62. The minimum absolute atomic E-state index is 0.100. The largest absolute Gasteiger partial charge is 0.497 e. The van der Waals surface area contributed by atoms with Crippen molar-refractivity contribution in [3.63, 3.8) is 0 Å². The van der Waals surface area contributed by atoms with Gasteiger partial charge in [0.1, 0.15) is 12.3 Å². The van der Waals surface area contributed by atoms with Crippen molar-refractivity contribution in [2.75, 3.05) is 24.5 Å². The number of anilines is 1. The molecule has 2 aromatic rings. The van der Waals surface area contributed by atoms with Gasteiger partial charge in [0.15, 0.2) is 0 Å². The maximum Gasteiger partial charge on any atom is 0.264 e. The van der Waals surface area contributed by atoms with Crippen LogP contribution in [0, 0.1) is 0 Å². The van der Waals surface area contributed by atoms with Crippen molar-refractivity contribution in [2.45, 2.75) is 24.7 Å². The number of amides is 1. The summed E-state index contributed by atoms with van der Waals surface area (Å²) in [6, 6.07) is 14.7. The van der Waals surface area contributed by atoms with Gasteiger partial charge in [-0.25, -0.2) is 8.42 Å². The zero-order valence-corrected chi connectivity index (χ0v) is 15.8. The Morgan fingerprint density at radius 3 is 2.31 bits per heavy atom. The van der Waals surface area contributed by atoms with Crippen molar-refractivity contribution >= 4 is 21.6 Å². The van der Waals surface area contributed by atoms with Crippen molar-refractivity contribution in [3.8, 4) is 5.75 Å². The van der Waals surface area contributed by atoms with Gasteiger partial charge in [-0.1, -0.05) is 31.5 Å². The van der Waals surface area contributed by atoms with Crippen molar-refractivity contribution in [3.05, 3.63) is 54.6 Å². The smallest absolute Gasteiger partial charge is 0.264 e. The number of benzene rings is 2. The van der Waals surface area contributed by atoms with E-state index in [1.807, 2.05) is 6.92 Å². The normalized spacial score (nSPS) is 11.0. The second-order valence-electron chi connectivity index (χ2n) is 5.73. The summed E-state index contributed by atoms with van der Waals surface area (Å²) in [7, 11) is -2.37. The Morgan fingerprint density at radius 2 is 1.73 bits per heavy atom. The highest BCUT2D eigenvalue weighted by molar-refractivity contribution is 7.92. The summed E-state index contributed by atoms with van der Waals surface area (Å²) in [5.41, 5.74) is 0.439. The number of hydrogen-bond acceptors (Lipinski definition) is 4. The Labute approximate surface area is 154 Å². The average molecular weight is 376 g/mol. The van der Waals surface area contributed by atoms with Crippen LogP contribution in [0.4, 0.5) is 5.69 Å². The van der Waals surface area contributed by atoms with Crippen LogP contribution in [0.2, 0.25) is 0 Å². The Hall–Kier alpha value is -2.54. The van der Waals surface area contributed by atoms with E-state index in [9.17, 15) is 13.2 Å². The number of sulfonamides is 1. The summed E-state index contributed by atoms with van der Waals surface area (Å²) in [5.74, 6) is 0.229. The number of ether oxygens (including phenoxy) is 1. The van der Waals surface area contributed by atoms with Crippen molar-refractivity contribution in [1.82, 2.24) is 5.32 Å². The van der Waals surface area contributed by atoms with Crippen LogP contribution in [0.15, 0.2) is 59.5 Å². The summed E-state index contributed by atoms with van der Waals surface area (Å²) >= 11 is 0. The predicted molar refractivity (Wildman–Crippen MR) is 102 cm³/mol. The number of nitrogens with zero attached hydrogens (tertiary/aromatic N) is 1. The zero-order chi connectivity index (χ0) is 19.0. The van der Waals surface area contributed by atoms with E-state index in [1.54, 1.807) is 42.5 Å². The minimum atomic E-state index is -3.89. The maximum absolute atomic E-state index is 13.1. The minimum Gasteiger partial charge on any atom is -0.497 e. The predicted octanol–water partition coefficient (Wildman–Crippen LogP) is 2.81. The standard InChI is InChI=1S/C19H24N2O4S/c1-3-4-14-20-19(22)15-21(16-8-6-5-7-9-16)26(23,24)18-12-10-17(25-2)11-13-18/h5-13H,3-4,14-15H2,1-2H3,(H,20,22). The van der Waals surface area contributed by atoms with Crippen LogP contribution >= 0.6 is 0 Å². The Morgan fingerprint density at radius 1 is 1.08 bits per heavy atom. The zero-order valence-electron chi connectivity index (χ0n) is 15.0. The number of methoxy groups -OCH3 is 1. The number of carbonyl (C=O) groups excluding carboxylic acids is 1. The molecule has 0 radical (unpaired) electrons. The molecular formula is C19H24N2O4S. The van der Waals surface area contributed by atoms with Gasteiger partial charge in [0.05, 0.1) is 17.7 Å². The fourth-order valence-electron chi connectivity index (χ4n) is 2.38. The van der Waals surface area contributed by atoms with Gasteiger partial charge in [-0.3, -0.25) is 9.10 Å². The van der Waals surface area contributed by atoms with Crippen molar-refractivity contribution < 1.29 is 17.9 Å². The first-order valence-electron chi connectivity index (χ1n) is 8.47. The molecule has 6 nitrogen and oxygen atoms in total. The molecular weight excluding hydrogens is 352 g/mol. The molecule has 0 aliphatic carbocycles. The fourth-order valence-corrected chi connectivity index (χ4v) is 3.80. The van der Waals surface area contributed by atoms with E-state index in [1.165, 1.54) is 19.2 Å². The second-order valence-corrected chi connectivity index (χ2v) is 7.59. The number of carbonyl (C=O) groups is 1. The molecule has 0 fully saturated rings. The third-order valence-electron chi connectivity index (χ3n) is 3.83. The van der Waals surface area contributed by atoms with Gasteiger partial charge in [-0.15, -0.1) is 0 Å². The first-order chi connectivity index (χ1) is 12.5. The number of unbranched alkanes of at least 4 members (excludes halogenated alkanes) is 1. The van der Waals surface area contributed by atoms with Crippen LogP contribution in [-0.4, -0.2) is 34.5 Å². The molecule has 0 aliphatic heterocycles. The summed E-state index contributed by atoms with van der Waals surface area (Å²) in [6.45, 7) is 2.28. The van der Waals surface area contributed by atoms with Crippen LogP contribution < -0.4 is 14.4 Å². The quantitative estimate of drug-likeness (QED) is 0.683. The first-order valence-corrected chi connectivity index (χ1v) is 9.91. The molecule has 0 saturated heterocycles. The lowest BCUT2D eigenvalue weighted by molar-refractivity contribution is -0.119. The van der Waals surface area contributed by atoms with Gasteiger partial charge in [-0.2, -0.15) is 0 Å². The van der Waals surface area contributed by atoms with Gasteiger partial charge in [0, 0.05) is 6.54 Å². The molecule has 0 unspecified atom stereocenters. The molecule has 0 aliphatic rings. The molecule has 2 rings (SSSR count). The Bertz CT molecular complexity index is 805. The molecule has 140 valence electrons. The van der Waals surface area contributed by atoms with Crippen LogP contribution in [0.25, 0.3) is 0 Å². The molecule has 0 spiro atoms. The van der Waals surface area contributed by atoms with Crippen molar-refractivity contribution in [2.24, 2.45) is 0 Å². The highest BCUT2D eigenvalue weighted by Gasteiger charge is 2.27. The van der Waals surface area contributed by atoms with Crippen molar-refractivity contribution in [1.29, 1.82) is 0 Å². The van der Waals surface area contributed by atoms with Gasteiger partial charge < -0.3 is 10.1 Å². The average Bonchev–Trinajstić information content (AvgIpc) is 2.67. The van der Waals surface area contributed by atoms with E-state index >= 15 is 0 Å². The summed E-state index contributed by atoms with van der Waals surface area (Å²) < 4.78 is 32.4. The lowest BCUT2D eigenvalue weighted by Gasteiger charge is -2.24. The molecule has 0 aromatic heterocycles. The number of para-hydroxylation sites is 1. The van der Waals surface area contributed by atoms with Gasteiger partial charge in [0.2, 0.25) is 5.91 Å². The van der Waals surface area contributed by atoms with Gasteiger partial charge >= 0.3 is 0 Å². The van der Waals surface area contributed by atoms with E-state index < -0.39 is 10.0 Å². The lowest BCUT2D eigenvalue weighted by atomic mass is 10.3. The lowest BCUT2D eigenvalue weighted by Crippen LogP contribution is -2.41. The van der Waals surface area contributed by atoms with Gasteiger partial charge in [0.25, 0.3) is 10.0 Å². The Balaban J connectivity index is 2.31. The van der Waals surface area contributed by atoms with E-state index in [2.05, 4.69) is 5.32 Å². The molecule has 7 heteroatoms. The molecule has 2 aromatic carbocycles. The summed E-state index contributed by atoms with van der Waals surface area (Å²) in [4.78, 5) is 12.3. The highest BCUT2D eigenvalue weighted by atomic mass is 32.2. The summed E-state index contributed by atoms with van der Waals surface area (Å²) in [6.07, 6.45) is 1.80.